The largest absolute Gasteiger partial charge is 0.354 e. The van der Waals surface area contributed by atoms with Crippen LogP contribution >= 0.6 is 11.8 Å². The van der Waals surface area contributed by atoms with Gasteiger partial charge in [0.25, 0.3) is 11.1 Å². The van der Waals surface area contributed by atoms with Gasteiger partial charge in [0, 0.05) is 31.4 Å². The zero-order valence-electron chi connectivity index (χ0n) is 14.1. The smallest absolute Gasteiger partial charge is 0.293 e. The summed E-state index contributed by atoms with van der Waals surface area (Å²) >= 11 is 0.920. The Bertz CT molecular complexity index is 806. The first-order valence-corrected chi connectivity index (χ1v) is 9.55. The summed E-state index contributed by atoms with van der Waals surface area (Å²) in [6.45, 7) is 0.478. The zero-order chi connectivity index (χ0) is 18.1. The van der Waals surface area contributed by atoms with Crippen molar-refractivity contribution < 1.29 is 14.4 Å². The van der Waals surface area contributed by atoms with Gasteiger partial charge in [0.05, 0.1) is 4.91 Å². The molecule has 1 N–H and O–H groups in total. The second-order valence-electron chi connectivity index (χ2n) is 6.80. The molecule has 3 amide bonds. The van der Waals surface area contributed by atoms with Crippen LogP contribution in [0.2, 0.25) is 0 Å². The van der Waals surface area contributed by atoms with E-state index >= 15 is 0 Å². The minimum atomic E-state index is -0.319. The molecule has 0 unspecified atom stereocenters. The normalized spacial score (nSPS) is 28.4. The van der Waals surface area contributed by atoms with Crippen LogP contribution in [0.3, 0.4) is 0 Å². The maximum Gasteiger partial charge on any atom is 0.293 e. The number of hydrogen-bond acceptors (Lipinski definition) is 5. The summed E-state index contributed by atoms with van der Waals surface area (Å²) < 4.78 is 0. The molecular weight excluding hydrogens is 350 g/mol. The van der Waals surface area contributed by atoms with Crippen molar-refractivity contribution >= 4 is 34.9 Å². The molecule has 4 rings (SSSR count). The van der Waals surface area contributed by atoms with Crippen LogP contribution in [0.25, 0.3) is 6.08 Å². The molecule has 26 heavy (non-hydrogen) atoms. The van der Waals surface area contributed by atoms with Gasteiger partial charge >= 0.3 is 0 Å². The number of rotatable bonds is 5. The summed E-state index contributed by atoms with van der Waals surface area (Å²) in [6.07, 6.45) is 11.3. The number of nitrogens with one attached hydrogen (secondary N) is 1. The average molecular weight is 369 g/mol. The first kappa shape index (κ1) is 17.0. The van der Waals surface area contributed by atoms with Gasteiger partial charge in [-0.15, -0.1) is 0 Å². The van der Waals surface area contributed by atoms with Crippen LogP contribution in [0.5, 0.6) is 0 Å². The number of amides is 3. The lowest BCUT2D eigenvalue weighted by atomic mass is 9.93. The number of fused-ring (bicyclic) bond motifs is 2. The van der Waals surface area contributed by atoms with Crippen LogP contribution in [-0.2, 0) is 9.59 Å². The van der Waals surface area contributed by atoms with Gasteiger partial charge in [0.1, 0.15) is 0 Å². The minimum Gasteiger partial charge on any atom is -0.354 e. The molecule has 3 aliphatic rings. The molecule has 1 aliphatic heterocycles. The highest BCUT2D eigenvalue weighted by Gasteiger charge is 2.40. The SMILES string of the molecule is O=C(NCCN1C(=O)S/C(=C\c2cccnc2)C1=O)[C@@H]1C[C@@H]2C=C[C@H]1C2. The fourth-order valence-corrected chi connectivity index (χ4v) is 4.67. The molecule has 0 radical (unpaired) electrons. The summed E-state index contributed by atoms with van der Waals surface area (Å²) in [4.78, 5) is 42.4. The quantitative estimate of drug-likeness (QED) is 0.637. The molecule has 2 aliphatic carbocycles. The van der Waals surface area contributed by atoms with Crippen LogP contribution in [0.1, 0.15) is 18.4 Å². The first-order valence-electron chi connectivity index (χ1n) is 8.73. The Morgan fingerprint density at radius 1 is 1.35 bits per heavy atom. The molecular formula is C19H19N3O3S. The second kappa shape index (κ2) is 7.07. The molecule has 1 aromatic rings. The number of hydrogen-bond donors (Lipinski definition) is 1. The highest BCUT2D eigenvalue weighted by atomic mass is 32.2. The molecule has 2 heterocycles. The Balaban J connectivity index is 1.31. The van der Waals surface area contributed by atoms with Gasteiger partial charge in [-0.3, -0.25) is 24.3 Å². The van der Waals surface area contributed by atoms with E-state index in [9.17, 15) is 14.4 Å². The van der Waals surface area contributed by atoms with Crippen molar-refractivity contribution in [2.24, 2.45) is 17.8 Å². The lowest BCUT2D eigenvalue weighted by Crippen LogP contribution is -2.40. The Hall–Kier alpha value is -2.41. The number of allylic oxidation sites excluding steroid dienone is 2. The number of carbonyl (C=O) groups is 3. The van der Waals surface area contributed by atoms with Gasteiger partial charge in [-0.1, -0.05) is 18.2 Å². The number of imide groups is 1. The van der Waals surface area contributed by atoms with Crippen LogP contribution in [0.4, 0.5) is 4.79 Å². The molecule has 6 nitrogen and oxygen atoms in total. The molecule has 1 saturated carbocycles. The van der Waals surface area contributed by atoms with Crippen molar-refractivity contribution in [1.82, 2.24) is 15.2 Å². The van der Waals surface area contributed by atoms with E-state index in [2.05, 4.69) is 22.5 Å². The monoisotopic (exact) mass is 369 g/mol. The molecule has 3 atom stereocenters. The van der Waals surface area contributed by atoms with Gasteiger partial charge in [-0.25, -0.2) is 0 Å². The fourth-order valence-electron chi connectivity index (χ4n) is 3.81. The highest BCUT2D eigenvalue weighted by molar-refractivity contribution is 8.18. The maximum atomic E-state index is 12.4. The van der Waals surface area contributed by atoms with Crippen LogP contribution in [0, 0.1) is 17.8 Å². The van der Waals surface area contributed by atoms with E-state index in [4.69, 9.17) is 0 Å². The number of aromatic nitrogens is 1. The predicted octanol–water partition coefficient (Wildman–Crippen LogP) is 2.45. The third-order valence-electron chi connectivity index (χ3n) is 5.11. The molecule has 0 spiro atoms. The number of nitrogens with zero attached hydrogens (tertiary/aromatic N) is 2. The molecule has 2 bridgehead atoms. The molecule has 2 fully saturated rings. The van der Waals surface area contributed by atoms with E-state index in [1.807, 2.05) is 6.07 Å². The van der Waals surface area contributed by atoms with Crippen molar-refractivity contribution in [1.29, 1.82) is 0 Å². The maximum absolute atomic E-state index is 12.4. The number of pyridine rings is 1. The minimum absolute atomic E-state index is 0.0275. The van der Waals surface area contributed by atoms with Crippen molar-refractivity contribution in [3.05, 3.63) is 47.1 Å². The summed E-state index contributed by atoms with van der Waals surface area (Å²) in [5.41, 5.74) is 0.774. The van der Waals surface area contributed by atoms with Crippen LogP contribution in [-0.4, -0.2) is 40.0 Å². The van der Waals surface area contributed by atoms with Gasteiger partial charge in [0.2, 0.25) is 5.91 Å². The van der Waals surface area contributed by atoms with Crippen molar-refractivity contribution in [2.45, 2.75) is 12.8 Å². The van der Waals surface area contributed by atoms with Gasteiger partial charge in [-0.05, 0) is 54.1 Å². The number of thioether (sulfide) groups is 1. The van der Waals surface area contributed by atoms with Gasteiger partial charge in [0.15, 0.2) is 0 Å². The molecule has 7 heteroatoms. The molecule has 134 valence electrons. The molecule has 0 aromatic carbocycles. The van der Waals surface area contributed by atoms with Crippen LogP contribution < -0.4 is 5.32 Å². The van der Waals surface area contributed by atoms with E-state index in [0.29, 0.717) is 16.7 Å². The van der Waals surface area contributed by atoms with Crippen molar-refractivity contribution in [3.8, 4) is 0 Å². The first-order chi connectivity index (χ1) is 12.6. The highest BCUT2D eigenvalue weighted by Crippen LogP contribution is 2.43. The zero-order valence-corrected chi connectivity index (χ0v) is 14.9. The van der Waals surface area contributed by atoms with E-state index in [0.717, 1.165) is 30.2 Å². The predicted molar refractivity (Wildman–Crippen MR) is 98.8 cm³/mol. The van der Waals surface area contributed by atoms with Gasteiger partial charge in [-0.2, -0.15) is 0 Å². The number of carbonyl (C=O) groups excluding carboxylic acids is 3. The van der Waals surface area contributed by atoms with Crippen molar-refractivity contribution in [3.63, 3.8) is 0 Å². The third-order valence-corrected chi connectivity index (χ3v) is 6.01. The standard InChI is InChI=1S/C19H19N3O3S/c23-17(15-9-12-3-4-14(15)8-12)21-6-7-22-18(24)16(26-19(22)25)10-13-2-1-5-20-11-13/h1-5,10-12,14-15H,6-9H2,(H,21,23)/b16-10-/t12-,14+,15-/m1/s1. The lowest BCUT2D eigenvalue weighted by Gasteiger charge is -2.19. The van der Waals surface area contributed by atoms with E-state index < -0.39 is 0 Å². The van der Waals surface area contributed by atoms with E-state index in [1.54, 1.807) is 24.5 Å². The van der Waals surface area contributed by atoms with Crippen molar-refractivity contribution in [2.75, 3.05) is 13.1 Å². The van der Waals surface area contributed by atoms with E-state index in [-0.39, 0.29) is 36.1 Å². The lowest BCUT2D eigenvalue weighted by molar-refractivity contribution is -0.127. The summed E-state index contributed by atoms with van der Waals surface area (Å²) in [7, 11) is 0. The second-order valence-corrected chi connectivity index (χ2v) is 7.79. The summed E-state index contributed by atoms with van der Waals surface area (Å²) in [5, 5.41) is 2.58. The summed E-state index contributed by atoms with van der Waals surface area (Å²) in [6, 6.07) is 3.60. The average Bonchev–Trinajstić information content (AvgIpc) is 3.34. The third kappa shape index (κ3) is 3.31. The molecule has 1 saturated heterocycles. The Kier molecular flexibility index (Phi) is 4.63. The Morgan fingerprint density at radius 3 is 2.92 bits per heavy atom. The van der Waals surface area contributed by atoms with Gasteiger partial charge < -0.3 is 5.32 Å². The van der Waals surface area contributed by atoms with E-state index in [1.165, 1.54) is 4.90 Å². The van der Waals surface area contributed by atoms with Crippen LogP contribution in [0.15, 0.2) is 41.6 Å². The fraction of sp³-hybridized carbons (Fsp3) is 0.368. The summed E-state index contributed by atoms with van der Waals surface area (Å²) in [5.74, 6) is 0.625. The Morgan fingerprint density at radius 2 is 2.23 bits per heavy atom. The Labute approximate surface area is 155 Å². The molecule has 1 aromatic heterocycles. The topological polar surface area (TPSA) is 79.4 Å².